The molecule has 0 saturated carbocycles. The lowest BCUT2D eigenvalue weighted by molar-refractivity contribution is -0.123. The van der Waals surface area contributed by atoms with Gasteiger partial charge in [-0.3, -0.25) is 4.79 Å². The van der Waals surface area contributed by atoms with Crippen molar-refractivity contribution in [3.63, 3.8) is 0 Å². The molecule has 5 heteroatoms. The molecule has 0 spiro atoms. The lowest BCUT2D eigenvalue weighted by Gasteiger charge is -2.37. The fraction of sp³-hybridized carbons (Fsp3) is 0.345. The summed E-state index contributed by atoms with van der Waals surface area (Å²) in [7, 11) is 3.85. The monoisotopic (exact) mass is 457 g/mol. The third-order valence-electron chi connectivity index (χ3n) is 7.12. The first-order valence-corrected chi connectivity index (χ1v) is 12.0. The molecule has 1 atom stereocenters. The number of nitrogens with zero attached hydrogens (tertiary/aromatic N) is 2. The van der Waals surface area contributed by atoms with Gasteiger partial charge in [0.05, 0.1) is 7.11 Å². The number of amides is 1. The Morgan fingerprint density at radius 2 is 1.68 bits per heavy atom. The lowest BCUT2D eigenvalue weighted by Crippen LogP contribution is -2.49. The number of primary amides is 1. The zero-order valence-corrected chi connectivity index (χ0v) is 20.2. The van der Waals surface area contributed by atoms with Gasteiger partial charge in [-0.2, -0.15) is 0 Å². The summed E-state index contributed by atoms with van der Waals surface area (Å²) in [6.07, 6.45) is 0.937. The van der Waals surface area contributed by atoms with Crippen LogP contribution in [-0.4, -0.2) is 56.0 Å². The number of methoxy groups -OCH3 is 1. The summed E-state index contributed by atoms with van der Waals surface area (Å²) in [6.45, 7) is 4.58. The highest BCUT2D eigenvalue weighted by Gasteiger charge is 2.49. The predicted octanol–water partition coefficient (Wildman–Crippen LogP) is 3.92. The molecule has 1 amide bonds. The van der Waals surface area contributed by atoms with Gasteiger partial charge in [-0.15, -0.1) is 0 Å². The highest BCUT2D eigenvalue weighted by Crippen LogP contribution is 2.43. The average molecular weight is 458 g/mol. The number of ether oxygens (including phenoxy) is 1. The maximum atomic E-state index is 13.2. The Labute approximate surface area is 203 Å². The maximum absolute atomic E-state index is 13.2. The molecule has 1 aliphatic heterocycles. The number of rotatable bonds is 10. The molecule has 0 bridgehead atoms. The molecule has 178 valence electrons. The Kier molecular flexibility index (Phi) is 7.66. The van der Waals surface area contributed by atoms with Crippen molar-refractivity contribution in [3.8, 4) is 5.75 Å². The van der Waals surface area contributed by atoms with Gasteiger partial charge in [0.1, 0.15) is 11.2 Å². The normalized spacial score (nSPS) is 16.6. The number of carbonyl (C=O) groups excluding carboxylic acids is 1. The van der Waals surface area contributed by atoms with Gasteiger partial charge in [-0.1, -0.05) is 72.8 Å². The molecule has 0 unspecified atom stereocenters. The first-order chi connectivity index (χ1) is 16.5. The minimum atomic E-state index is -0.830. The highest BCUT2D eigenvalue weighted by atomic mass is 16.5. The summed E-state index contributed by atoms with van der Waals surface area (Å²) >= 11 is 0. The van der Waals surface area contributed by atoms with E-state index in [0.29, 0.717) is 0 Å². The van der Waals surface area contributed by atoms with Gasteiger partial charge < -0.3 is 20.3 Å². The summed E-state index contributed by atoms with van der Waals surface area (Å²) in [4.78, 5) is 18.0. The van der Waals surface area contributed by atoms with Crippen LogP contribution in [0.5, 0.6) is 5.75 Å². The van der Waals surface area contributed by atoms with E-state index in [1.165, 1.54) is 5.56 Å². The number of likely N-dealkylation sites (N-methyl/N-ethyl adjacent to an activating group) is 1. The number of carbonyl (C=O) groups is 1. The van der Waals surface area contributed by atoms with E-state index in [4.69, 9.17) is 10.5 Å². The molecule has 0 radical (unpaired) electrons. The lowest BCUT2D eigenvalue weighted by atomic mass is 9.64. The van der Waals surface area contributed by atoms with Gasteiger partial charge >= 0.3 is 0 Å². The predicted molar refractivity (Wildman–Crippen MR) is 137 cm³/mol. The molecular weight excluding hydrogens is 422 g/mol. The zero-order valence-electron chi connectivity index (χ0n) is 20.2. The van der Waals surface area contributed by atoms with E-state index >= 15 is 0 Å². The van der Waals surface area contributed by atoms with E-state index in [9.17, 15) is 4.79 Å². The first kappa shape index (κ1) is 24.0. The van der Waals surface area contributed by atoms with Crippen LogP contribution in [0, 0.1) is 5.92 Å². The summed E-state index contributed by atoms with van der Waals surface area (Å²) < 4.78 is 5.35. The second kappa shape index (κ2) is 10.9. The minimum absolute atomic E-state index is 0.124. The van der Waals surface area contributed by atoms with Gasteiger partial charge in [0.25, 0.3) is 0 Å². The fourth-order valence-corrected chi connectivity index (χ4v) is 5.39. The molecule has 4 rings (SSSR count). The van der Waals surface area contributed by atoms with Crippen LogP contribution in [-0.2, 0) is 16.8 Å². The molecule has 3 aromatic rings. The van der Waals surface area contributed by atoms with Gasteiger partial charge in [0.2, 0.25) is 5.91 Å². The van der Waals surface area contributed by atoms with Gasteiger partial charge in [-0.05, 0) is 54.8 Å². The molecule has 0 aliphatic carbocycles. The molecule has 5 nitrogen and oxygen atoms in total. The van der Waals surface area contributed by atoms with Crippen molar-refractivity contribution in [1.29, 1.82) is 0 Å². The molecule has 1 heterocycles. The average Bonchev–Trinajstić information content (AvgIpc) is 3.34. The third-order valence-corrected chi connectivity index (χ3v) is 7.12. The second-order valence-corrected chi connectivity index (χ2v) is 9.28. The van der Waals surface area contributed by atoms with Gasteiger partial charge in [0.15, 0.2) is 0 Å². The SMILES string of the molecule is COc1cccc(CN(C)CCN2CC[C@@H](C(C(N)=O)(c3ccccc3)c3ccccc3)C2)c1. The number of likely N-dealkylation sites (tertiary alicyclic amines) is 1. The van der Waals surface area contributed by atoms with Crippen LogP contribution in [0.2, 0.25) is 0 Å². The first-order valence-electron chi connectivity index (χ1n) is 12.0. The largest absolute Gasteiger partial charge is 0.497 e. The molecule has 34 heavy (non-hydrogen) atoms. The molecule has 0 aromatic heterocycles. The standard InChI is InChI=1S/C29H35N3O2/c1-31(21-23-10-9-15-27(20-23)34-2)18-19-32-17-16-26(22-32)29(28(30)33,24-11-5-3-6-12-24)25-13-7-4-8-14-25/h3-15,20,26H,16-19,21-22H2,1-2H3,(H2,30,33)/t26-/m1/s1. The van der Waals surface area contributed by atoms with Crippen LogP contribution in [0.3, 0.4) is 0 Å². The minimum Gasteiger partial charge on any atom is -0.497 e. The van der Waals surface area contributed by atoms with E-state index in [2.05, 4.69) is 29.0 Å². The quantitative estimate of drug-likeness (QED) is 0.501. The molecule has 3 aromatic carbocycles. The number of benzene rings is 3. The van der Waals surface area contributed by atoms with E-state index in [1.807, 2.05) is 72.8 Å². The van der Waals surface area contributed by atoms with Crippen LogP contribution in [0.15, 0.2) is 84.9 Å². The van der Waals surface area contributed by atoms with Gasteiger partial charge in [-0.25, -0.2) is 0 Å². The third kappa shape index (κ3) is 5.01. The maximum Gasteiger partial charge on any atom is 0.232 e. The van der Waals surface area contributed by atoms with E-state index in [1.54, 1.807) is 7.11 Å². The van der Waals surface area contributed by atoms with Crippen LogP contribution in [0.1, 0.15) is 23.1 Å². The van der Waals surface area contributed by atoms with Crippen molar-refractivity contribution in [2.24, 2.45) is 11.7 Å². The highest BCUT2D eigenvalue weighted by molar-refractivity contribution is 5.91. The molecular formula is C29H35N3O2. The van der Waals surface area contributed by atoms with E-state index in [-0.39, 0.29) is 11.8 Å². The van der Waals surface area contributed by atoms with Crippen molar-refractivity contribution in [1.82, 2.24) is 9.80 Å². The van der Waals surface area contributed by atoms with Crippen molar-refractivity contribution in [2.75, 3.05) is 40.3 Å². The fourth-order valence-electron chi connectivity index (χ4n) is 5.39. The van der Waals surface area contributed by atoms with E-state index < -0.39 is 5.41 Å². The number of hydrogen-bond acceptors (Lipinski definition) is 4. The summed E-state index contributed by atoms with van der Waals surface area (Å²) in [5.74, 6) is 0.739. The van der Waals surface area contributed by atoms with Crippen molar-refractivity contribution in [3.05, 3.63) is 102 Å². The van der Waals surface area contributed by atoms with Crippen LogP contribution < -0.4 is 10.5 Å². The second-order valence-electron chi connectivity index (χ2n) is 9.28. The zero-order chi connectivity index (χ0) is 24.0. The van der Waals surface area contributed by atoms with E-state index in [0.717, 1.165) is 56.0 Å². The summed E-state index contributed by atoms with van der Waals surface area (Å²) in [5.41, 5.74) is 8.59. The number of nitrogens with two attached hydrogens (primary N) is 1. The smallest absolute Gasteiger partial charge is 0.232 e. The molecule has 1 aliphatic rings. The molecule has 1 saturated heterocycles. The summed E-state index contributed by atoms with van der Waals surface area (Å²) in [5, 5.41) is 0. The number of hydrogen-bond donors (Lipinski definition) is 1. The van der Waals surface area contributed by atoms with Crippen LogP contribution in [0.4, 0.5) is 0 Å². The van der Waals surface area contributed by atoms with Crippen molar-refractivity contribution < 1.29 is 9.53 Å². The van der Waals surface area contributed by atoms with Crippen LogP contribution in [0.25, 0.3) is 0 Å². The van der Waals surface area contributed by atoms with Crippen molar-refractivity contribution in [2.45, 2.75) is 18.4 Å². The Hall–Kier alpha value is -3.15. The Morgan fingerprint density at radius 3 is 2.26 bits per heavy atom. The topological polar surface area (TPSA) is 58.8 Å². The van der Waals surface area contributed by atoms with Crippen molar-refractivity contribution >= 4 is 5.91 Å². The Balaban J connectivity index is 1.48. The molecule has 1 fully saturated rings. The Bertz CT molecular complexity index is 1030. The summed E-state index contributed by atoms with van der Waals surface area (Å²) in [6, 6.07) is 28.4. The van der Waals surface area contributed by atoms with Crippen LogP contribution >= 0.6 is 0 Å². The molecule has 2 N–H and O–H groups in total. The Morgan fingerprint density at radius 1 is 1.03 bits per heavy atom. The van der Waals surface area contributed by atoms with Gasteiger partial charge in [0, 0.05) is 26.2 Å².